The van der Waals surface area contributed by atoms with Crippen molar-refractivity contribution in [3.05, 3.63) is 65.1 Å². The Hall–Kier alpha value is -1.99. The molecule has 0 saturated carbocycles. The average Bonchev–Trinajstić information content (AvgIpc) is 2.89. The quantitative estimate of drug-likeness (QED) is 0.610. The first-order chi connectivity index (χ1) is 10.8. The molecule has 0 radical (unpaired) electrons. The molecule has 0 aliphatic carbocycles. The van der Waals surface area contributed by atoms with E-state index < -0.39 is 11.7 Å². The lowest BCUT2D eigenvalue weighted by Crippen LogP contribution is -2.06. The number of benzene rings is 1. The Morgan fingerprint density at radius 3 is 2.70 bits per heavy atom. The molecule has 0 saturated heterocycles. The van der Waals surface area contributed by atoms with Crippen molar-refractivity contribution >= 4 is 34.1 Å². The number of thioether (sulfide) groups is 1. The Morgan fingerprint density at radius 1 is 1.22 bits per heavy atom. The van der Waals surface area contributed by atoms with E-state index in [1.807, 2.05) is 0 Å². The van der Waals surface area contributed by atoms with Crippen molar-refractivity contribution in [2.45, 2.75) is 11.1 Å². The van der Waals surface area contributed by atoms with E-state index in [9.17, 15) is 18.0 Å². The lowest BCUT2D eigenvalue weighted by molar-refractivity contribution is -0.137. The van der Waals surface area contributed by atoms with Crippen LogP contribution in [0.5, 0.6) is 0 Å². The minimum absolute atomic E-state index is 0.0647. The predicted octanol–water partition coefficient (Wildman–Crippen LogP) is 4.94. The van der Waals surface area contributed by atoms with Crippen LogP contribution in [0.4, 0.5) is 13.2 Å². The number of hydrogen-bond donors (Lipinski definition) is 0. The normalized spacial score (nSPS) is 11.8. The van der Waals surface area contributed by atoms with Gasteiger partial charge in [-0.1, -0.05) is 17.7 Å². The molecule has 0 aliphatic rings. The fourth-order valence-electron chi connectivity index (χ4n) is 2.00. The van der Waals surface area contributed by atoms with Gasteiger partial charge in [-0.3, -0.25) is 9.20 Å². The highest BCUT2D eigenvalue weighted by atomic mass is 35.5. The summed E-state index contributed by atoms with van der Waals surface area (Å²) >= 11 is 6.79. The number of alkyl halides is 3. The largest absolute Gasteiger partial charge is 0.416 e. The third-order valence-electron chi connectivity index (χ3n) is 3.06. The fraction of sp³-hybridized carbons (Fsp3) is 0.0667. The smallest absolute Gasteiger partial charge is 0.296 e. The lowest BCUT2D eigenvalue weighted by Gasteiger charge is -2.07. The van der Waals surface area contributed by atoms with Gasteiger partial charge in [0.15, 0.2) is 0 Å². The van der Waals surface area contributed by atoms with Gasteiger partial charge in [-0.05, 0) is 42.1 Å². The minimum Gasteiger partial charge on any atom is -0.296 e. The number of carbonyl (C=O) groups excluding carboxylic acids is 1. The Balaban J connectivity index is 1.92. The van der Waals surface area contributed by atoms with Gasteiger partial charge in [-0.2, -0.15) is 13.2 Å². The van der Waals surface area contributed by atoms with E-state index in [-0.39, 0.29) is 16.5 Å². The van der Waals surface area contributed by atoms with Crippen LogP contribution < -0.4 is 0 Å². The second kappa shape index (κ2) is 5.90. The highest BCUT2D eigenvalue weighted by Gasteiger charge is 2.31. The highest BCUT2D eigenvalue weighted by Crippen LogP contribution is 2.30. The second-order valence-electron chi connectivity index (χ2n) is 4.63. The number of nitrogens with zero attached hydrogens (tertiary/aromatic N) is 2. The number of hydrogen-bond acceptors (Lipinski definition) is 3. The molecule has 0 aliphatic heterocycles. The van der Waals surface area contributed by atoms with E-state index in [1.54, 1.807) is 24.3 Å². The van der Waals surface area contributed by atoms with E-state index >= 15 is 0 Å². The van der Waals surface area contributed by atoms with Crippen molar-refractivity contribution in [1.29, 1.82) is 0 Å². The topological polar surface area (TPSA) is 34.4 Å². The molecule has 1 aromatic carbocycles. The van der Waals surface area contributed by atoms with E-state index in [1.165, 1.54) is 16.8 Å². The monoisotopic (exact) mass is 356 g/mol. The number of pyridine rings is 1. The zero-order chi connectivity index (χ0) is 16.6. The van der Waals surface area contributed by atoms with E-state index in [0.29, 0.717) is 9.92 Å². The fourth-order valence-corrected chi connectivity index (χ4v) is 3.05. The minimum atomic E-state index is -4.45. The molecule has 0 unspecified atom stereocenters. The van der Waals surface area contributed by atoms with Crippen LogP contribution in [-0.4, -0.2) is 14.5 Å². The molecule has 118 valence electrons. The summed E-state index contributed by atoms with van der Waals surface area (Å²) in [6.07, 6.45) is -2.00. The summed E-state index contributed by atoms with van der Waals surface area (Å²) in [7, 11) is 0. The Labute approximate surface area is 138 Å². The summed E-state index contributed by atoms with van der Waals surface area (Å²) < 4.78 is 39.4. The average molecular weight is 357 g/mol. The highest BCUT2D eigenvalue weighted by molar-refractivity contribution is 8.14. The predicted molar refractivity (Wildman–Crippen MR) is 81.8 cm³/mol. The molecule has 0 atom stereocenters. The van der Waals surface area contributed by atoms with Crippen molar-refractivity contribution in [3.8, 4) is 0 Å². The molecule has 0 bridgehead atoms. The van der Waals surface area contributed by atoms with E-state index in [0.717, 1.165) is 23.9 Å². The van der Waals surface area contributed by atoms with Crippen molar-refractivity contribution in [2.75, 3.05) is 0 Å². The molecule has 0 amide bonds. The zero-order valence-electron chi connectivity index (χ0n) is 11.3. The van der Waals surface area contributed by atoms with E-state index in [4.69, 9.17) is 11.6 Å². The van der Waals surface area contributed by atoms with Crippen molar-refractivity contribution in [2.24, 2.45) is 0 Å². The zero-order valence-corrected chi connectivity index (χ0v) is 12.9. The number of halogens is 4. The van der Waals surface area contributed by atoms with Crippen LogP contribution in [-0.2, 0) is 6.18 Å². The molecule has 0 spiro atoms. The molecule has 3 nitrogen and oxygen atoms in total. The lowest BCUT2D eigenvalue weighted by atomic mass is 10.2. The van der Waals surface area contributed by atoms with Gasteiger partial charge >= 0.3 is 6.18 Å². The van der Waals surface area contributed by atoms with Crippen LogP contribution in [0.3, 0.4) is 0 Å². The van der Waals surface area contributed by atoms with Crippen LogP contribution >= 0.6 is 23.4 Å². The molecule has 3 aromatic rings. The van der Waals surface area contributed by atoms with Crippen molar-refractivity contribution < 1.29 is 18.0 Å². The number of carbonyl (C=O) groups is 1. The summed E-state index contributed by atoms with van der Waals surface area (Å²) in [5, 5.41) is 0.162. The summed E-state index contributed by atoms with van der Waals surface area (Å²) in [5.74, 6) is 0. The molecule has 0 fully saturated rings. The maximum absolute atomic E-state index is 12.7. The van der Waals surface area contributed by atoms with Gasteiger partial charge in [0, 0.05) is 16.1 Å². The summed E-state index contributed by atoms with van der Waals surface area (Å²) in [6.45, 7) is 0. The summed E-state index contributed by atoms with van der Waals surface area (Å²) in [5.41, 5.74) is -0.550. The van der Waals surface area contributed by atoms with Gasteiger partial charge in [-0.15, -0.1) is 0 Å². The second-order valence-corrected chi connectivity index (χ2v) is 6.11. The number of imidazole rings is 1. The third kappa shape index (κ3) is 3.35. The van der Waals surface area contributed by atoms with Gasteiger partial charge in [0.2, 0.25) is 5.12 Å². The van der Waals surface area contributed by atoms with Crippen LogP contribution in [0.15, 0.2) is 53.7 Å². The van der Waals surface area contributed by atoms with Gasteiger partial charge in [0.05, 0.1) is 11.8 Å². The SMILES string of the molecule is O=C(Sc1cccc(Cl)c1)c1cnc2cc(C(F)(F)F)ccn12. The molecule has 0 N–H and O–H groups in total. The Bertz CT molecular complexity index is 892. The van der Waals surface area contributed by atoms with Crippen molar-refractivity contribution in [3.63, 3.8) is 0 Å². The molecule has 2 heterocycles. The first kappa shape index (κ1) is 15.9. The van der Waals surface area contributed by atoms with Gasteiger partial charge in [0.1, 0.15) is 11.3 Å². The first-order valence-corrected chi connectivity index (χ1v) is 7.56. The van der Waals surface area contributed by atoms with Crippen LogP contribution in [0.25, 0.3) is 5.65 Å². The number of fused-ring (bicyclic) bond motifs is 1. The van der Waals surface area contributed by atoms with Crippen LogP contribution in [0.1, 0.15) is 16.1 Å². The maximum Gasteiger partial charge on any atom is 0.416 e. The van der Waals surface area contributed by atoms with Gasteiger partial charge in [-0.25, -0.2) is 4.98 Å². The standard InChI is InChI=1S/C15H8ClF3N2OS/c16-10-2-1-3-11(7-10)23-14(22)12-8-20-13-6-9(15(17,18)19)4-5-21(12)13/h1-8H. The Kier molecular flexibility index (Phi) is 4.08. The third-order valence-corrected chi connectivity index (χ3v) is 4.18. The van der Waals surface area contributed by atoms with Gasteiger partial charge in [0.25, 0.3) is 0 Å². The maximum atomic E-state index is 12.7. The number of rotatable bonds is 2. The number of aromatic nitrogens is 2. The summed E-state index contributed by atoms with van der Waals surface area (Å²) in [6, 6.07) is 8.57. The summed E-state index contributed by atoms with van der Waals surface area (Å²) in [4.78, 5) is 16.8. The first-order valence-electron chi connectivity index (χ1n) is 6.36. The molecule has 3 rings (SSSR count). The molecule has 8 heteroatoms. The molecular weight excluding hydrogens is 349 g/mol. The van der Waals surface area contributed by atoms with Gasteiger partial charge < -0.3 is 0 Å². The molecular formula is C15H8ClF3N2OS. The van der Waals surface area contributed by atoms with Crippen molar-refractivity contribution in [1.82, 2.24) is 9.38 Å². The van der Waals surface area contributed by atoms with Crippen LogP contribution in [0.2, 0.25) is 5.02 Å². The van der Waals surface area contributed by atoms with E-state index in [2.05, 4.69) is 4.98 Å². The molecule has 2 aromatic heterocycles. The van der Waals surface area contributed by atoms with Crippen LogP contribution in [0, 0.1) is 0 Å². The molecule has 23 heavy (non-hydrogen) atoms. The Morgan fingerprint density at radius 2 is 2.00 bits per heavy atom.